The number of H-pyrrole nitrogens is 1. The molecular formula is C21H19F2N7O. The molecule has 1 aliphatic heterocycles. The summed E-state index contributed by atoms with van der Waals surface area (Å²) in [7, 11) is 0. The van der Waals surface area contributed by atoms with Gasteiger partial charge in [-0.15, -0.1) is 0 Å². The molecule has 3 N–H and O–H groups in total. The zero-order valence-electron chi connectivity index (χ0n) is 16.5. The minimum Gasteiger partial charge on any atom is -0.396 e. The van der Waals surface area contributed by atoms with Crippen LogP contribution in [0.1, 0.15) is 23.4 Å². The van der Waals surface area contributed by atoms with Crippen LogP contribution < -0.4 is 5.32 Å². The van der Waals surface area contributed by atoms with Gasteiger partial charge >= 0.3 is 0 Å². The van der Waals surface area contributed by atoms with Crippen molar-refractivity contribution in [3.8, 4) is 22.6 Å². The first kappa shape index (κ1) is 19.6. The topological polar surface area (TPSA) is 112 Å². The van der Waals surface area contributed by atoms with Crippen molar-refractivity contribution in [3.63, 3.8) is 0 Å². The Kier molecular flexibility index (Phi) is 5.08. The molecule has 4 aromatic rings. The Morgan fingerprint density at radius 3 is 2.74 bits per heavy atom. The lowest BCUT2D eigenvalue weighted by Crippen LogP contribution is -2.25. The van der Waals surface area contributed by atoms with Gasteiger partial charge in [0.2, 0.25) is 0 Å². The lowest BCUT2D eigenvalue weighted by Gasteiger charge is -2.19. The average Bonchev–Trinajstić information content (AvgIpc) is 3.21. The molecule has 0 unspecified atom stereocenters. The summed E-state index contributed by atoms with van der Waals surface area (Å²) in [6, 6.07) is 1.37. The number of benzene rings is 1. The Balaban J connectivity index is 1.57. The molecule has 5 rings (SSSR count). The van der Waals surface area contributed by atoms with Crippen LogP contribution in [0.2, 0.25) is 0 Å². The second-order valence-electron chi connectivity index (χ2n) is 7.36. The van der Waals surface area contributed by atoms with E-state index < -0.39 is 11.6 Å². The average molecular weight is 423 g/mol. The van der Waals surface area contributed by atoms with E-state index in [2.05, 4.69) is 35.5 Å². The maximum Gasteiger partial charge on any atom is 0.165 e. The SMILES string of the molecule is OCCCc1ncc(-c2n[nH]c3cnc(-c4c(F)cc5c(c4F)CNCC5)nc23)cn1. The summed E-state index contributed by atoms with van der Waals surface area (Å²) in [4.78, 5) is 17.2. The molecule has 0 saturated heterocycles. The van der Waals surface area contributed by atoms with Crippen molar-refractivity contribution in [1.82, 2.24) is 35.5 Å². The molecule has 1 aromatic carbocycles. The van der Waals surface area contributed by atoms with E-state index in [1.807, 2.05) is 0 Å². The maximum absolute atomic E-state index is 15.2. The molecule has 3 aromatic heterocycles. The molecule has 0 bridgehead atoms. The molecule has 0 amide bonds. The van der Waals surface area contributed by atoms with E-state index in [0.717, 1.165) is 0 Å². The van der Waals surface area contributed by atoms with Gasteiger partial charge in [0.1, 0.15) is 34.2 Å². The van der Waals surface area contributed by atoms with Crippen molar-refractivity contribution in [2.75, 3.05) is 13.2 Å². The first-order valence-corrected chi connectivity index (χ1v) is 10.00. The van der Waals surface area contributed by atoms with Crippen LogP contribution in [0.4, 0.5) is 8.78 Å². The summed E-state index contributed by atoms with van der Waals surface area (Å²) >= 11 is 0. The summed E-state index contributed by atoms with van der Waals surface area (Å²) in [5.74, 6) is -0.749. The van der Waals surface area contributed by atoms with Crippen molar-refractivity contribution in [2.45, 2.75) is 25.8 Å². The number of aliphatic hydroxyl groups excluding tert-OH is 1. The molecular weight excluding hydrogens is 404 g/mol. The molecule has 0 atom stereocenters. The zero-order valence-corrected chi connectivity index (χ0v) is 16.5. The normalized spacial score (nSPS) is 13.5. The fraction of sp³-hybridized carbons (Fsp3) is 0.286. The Labute approximate surface area is 175 Å². The van der Waals surface area contributed by atoms with Crippen molar-refractivity contribution in [1.29, 1.82) is 0 Å². The fourth-order valence-electron chi connectivity index (χ4n) is 3.74. The molecule has 158 valence electrons. The first-order valence-electron chi connectivity index (χ1n) is 10.00. The van der Waals surface area contributed by atoms with Gasteiger partial charge in [0.15, 0.2) is 5.82 Å². The van der Waals surface area contributed by atoms with E-state index in [0.29, 0.717) is 71.6 Å². The quantitative estimate of drug-likeness (QED) is 0.452. The lowest BCUT2D eigenvalue weighted by molar-refractivity contribution is 0.287. The highest BCUT2D eigenvalue weighted by Crippen LogP contribution is 2.32. The Bertz CT molecular complexity index is 1260. The van der Waals surface area contributed by atoms with Crippen molar-refractivity contribution in [2.24, 2.45) is 0 Å². The minimum absolute atomic E-state index is 0.0426. The van der Waals surface area contributed by atoms with Crippen molar-refractivity contribution < 1.29 is 13.9 Å². The van der Waals surface area contributed by atoms with Gasteiger partial charge in [-0.2, -0.15) is 5.10 Å². The number of nitrogens with zero attached hydrogens (tertiary/aromatic N) is 5. The number of hydrogen-bond acceptors (Lipinski definition) is 7. The molecule has 31 heavy (non-hydrogen) atoms. The van der Waals surface area contributed by atoms with E-state index in [1.54, 1.807) is 12.4 Å². The monoisotopic (exact) mass is 423 g/mol. The minimum atomic E-state index is -0.681. The molecule has 0 fully saturated rings. The Morgan fingerprint density at radius 1 is 1.10 bits per heavy atom. The van der Waals surface area contributed by atoms with E-state index in [-0.39, 0.29) is 18.0 Å². The second kappa shape index (κ2) is 8.05. The molecule has 0 saturated carbocycles. The third-order valence-electron chi connectivity index (χ3n) is 5.35. The van der Waals surface area contributed by atoms with Crippen LogP contribution in [0.5, 0.6) is 0 Å². The predicted octanol–water partition coefficient (Wildman–Crippen LogP) is 2.33. The smallest absolute Gasteiger partial charge is 0.165 e. The van der Waals surface area contributed by atoms with Gasteiger partial charge in [0.05, 0.1) is 11.8 Å². The van der Waals surface area contributed by atoms with Crippen molar-refractivity contribution in [3.05, 3.63) is 53.2 Å². The predicted molar refractivity (Wildman–Crippen MR) is 109 cm³/mol. The number of hydrogen-bond donors (Lipinski definition) is 3. The number of aromatic nitrogens is 6. The highest BCUT2D eigenvalue weighted by molar-refractivity contribution is 5.89. The lowest BCUT2D eigenvalue weighted by atomic mass is 9.96. The highest BCUT2D eigenvalue weighted by Gasteiger charge is 2.24. The highest BCUT2D eigenvalue weighted by atomic mass is 19.1. The molecule has 0 aliphatic carbocycles. The standard InChI is InChI=1S/C21H19F2N7O/c22-14-6-11-3-4-24-9-13(11)18(23)17(14)21-27-10-15-20(28-21)19(30-29-15)12-7-25-16(26-8-12)2-1-5-31/h6-8,10,24,31H,1-5,9H2,(H,29,30). The van der Waals surface area contributed by atoms with Crippen LogP contribution in [-0.4, -0.2) is 48.4 Å². The van der Waals surface area contributed by atoms with Gasteiger partial charge in [-0.25, -0.2) is 28.7 Å². The summed E-state index contributed by atoms with van der Waals surface area (Å²) in [6.07, 6.45) is 6.40. The van der Waals surface area contributed by atoms with Gasteiger partial charge in [-0.1, -0.05) is 0 Å². The summed E-state index contributed by atoms with van der Waals surface area (Å²) in [6.45, 7) is 1.10. The van der Waals surface area contributed by atoms with E-state index in [9.17, 15) is 4.39 Å². The van der Waals surface area contributed by atoms with E-state index in [4.69, 9.17) is 5.11 Å². The number of nitrogens with one attached hydrogen (secondary N) is 2. The third kappa shape index (κ3) is 3.53. The number of aliphatic hydroxyl groups is 1. The molecule has 8 nitrogen and oxygen atoms in total. The molecule has 0 spiro atoms. The number of aryl methyl sites for hydroxylation is 1. The summed E-state index contributed by atoms with van der Waals surface area (Å²) in [5.41, 5.74) is 2.90. The molecule has 0 radical (unpaired) electrons. The molecule has 4 heterocycles. The third-order valence-corrected chi connectivity index (χ3v) is 5.35. The van der Waals surface area contributed by atoms with Crippen LogP contribution in [0, 0.1) is 11.6 Å². The molecule has 10 heteroatoms. The van der Waals surface area contributed by atoms with Gasteiger partial charge in [-0.05, 0) is 31.0 Å². The number of halogens is 2. The number of rotatable bonds is 5. The first-order chi connectivity index (χ1) is 15.2. The number of aromatic amines is 1. The van der Waals surface area contributed by atoms with Gasteiger partial charge < -0.3 is 10.4 Å². The van der Waals surface area contributed by atoms with Crippen LogP contribution in [0.3, 0.4) is 0 Å². The van der Waals surface area contributed by atoms with Crippen LogP contribution in [0.25, 0.3) is 33.7 Å². The zero-order chi connectivity index (χ0) is 21.4. The van der Waals surface area contributed by atoms with Gasteiger partial charge in [-0.3, -0.25) is 5.10 Å². The van der Waals surface area contributed by atoms with E-state index in [1.165, 1.54) is 12.3 Å². The fourth-order valence-corrected chi connectivity index (χ4v) is 3.74. The number of fused-ring (bicyclic) bond motifs is 2. The molecule has 1 aliphatic rings. The van der Waals surface area contributed by atoms with Crippen molar-refractivity contribution >= 4 is 11.0 Å². The van der Waals surface area contributed by atoms with E-state index >= 15 is 4.39 Å². The maximum atomic E-state index is 15.2. The van der Waals surface area contributed by atoms with Gasteiger partial charge in [0.25, 0.3) is 0 Å². The Morgan fingerprint density at radius 2 is 1.94 bits per heavy atom. The Hall–Kier alpha value is -3.37. The van der Waals surface area contributed by atoms with Crippen LogP contribution in [0.15, 0.2) is 24.7 Å². The van der Waals surface area contributed by atoms with Crippen LogP contribution >= 0.6 is 0 Å². The summed E-state index contributed by atoms with van der Waals surface area (Å²) < 4.78 is 30.0. The second-order valence-corrected chi connectivity index (χ2v) is 7.36. The van der Waals surface area contributed by atoms with Gasteiger partial charge in [0, 0.05) is 43.1 Å². The largest absolute Gasteiger partial charge is 0.396 e. The summed E-state index contributed by atoms with van der Waals surface area (Å²) in [5, 5.41) is 19.1. The van der Waals surface area contributed by atoms with Crippen LogP contribution in [-0.2, 0) is 19.4 Å².